The highest BCUT2D eigenvalue weighted by Gasteiger charge is 2.25. The van der Waals surface area contributed by atoms with Gasteiger partial charge in [-0.1, -0.05) is 12.1 Å². The smallest absolute Gasteiger partial charge is 0.328 e. The van der Waals surface area contributed by atoms with Gasteiger partial charge < -0.3 is 5.11 Å². The summed E-state index contributed by atoms with van der Waals surface area (Å²) in [5.41, 5.74) is 2.97. The van der Waals surface area contributed by atoms with Crippen molar-refractivity contribution in [3.63, 3.8) is 0 Å². The lowest BCUT2D eigenvalue weighted by atomic mass is 10.0. The zero-order valence-corrected chi connectivity index (χ0v) is 11.0. The molecular weight excluding hydrogens is 244 g/mol. The third-order valence-electron chi connectivity index (χ3n) is 3.23. The molecule has 3 amide bonds. The van der Waals surface area contributed by atoms with Gasteiger partial charge in [0.25, 0.3) is 0 Å². The molecule has 0 unspecified atom stereocenters. The first kappa shape index (κ1) is 13.5. The highest BCUT2D eigenvalue weighted by Crippen LogP contribution is 2.23. The van der Waals surface area contributed by atoms with Crippen molar-refractivity contribution in [2.24, 2.45) is 0 Å². The van der Waals surface area contributed by atoms with Crippen molar-refractivity contribution in [3.8, 4) is 0 Å². The highest BCUT2D eigenvalue weighted by molar-refractivity contribution is 6.05. The summed E-state index contributed by atoms with van der Waals surface area (Å²) in [5.74, 6) is -0.224. The fourth-order valence-electron chi connectivity index (χ4n) is 2.25. The number of aliphatic hydroxyl groups excluding tert-OH is 1. The van der Waals surface area contributed by atoms with Gasteiger partial charge >= 0.3 is 6.03 Å². The fraction of sp³-hybridized carbons (Fsp3) is 0.429. The number of aliphatic hydroxyl groups is 1. The number of hydrogen-bond acceptors (Lipinski definition) is 3. The van der Waals surface area contributed by atoms with E-state index < -0.39 is 0 Å². The summed E-state index contributed by atoms with van der Waals surface area (Å²) in [6.07, 6.45) is 1.89. The molecule has 19 heavy (non-hydrogen) atoms. The molecular formula is C14H18N2O3. The molecule has 1 heterocycles. The molecule has 0 atom stereocenters. The van der Waals surface area contributed by atoms with Crippen LogP contribution >= 0.6 is 0 Å². The maximum Gasteiger partial charge on any atom is 0.328 e. The maximum absolute atomic E-state index is 11.8. The monoisotopic (exact) mass is 262 g/mol. The molecule has 1 fully saturated rings. The van der Waals surface area contributed by atoms with Crippen LogP contribution in [0, 0.1) is 6.92 Å². The van der Waals surface area contributed by atoms with E-state index in [1.54, 1.807) is 4.90 Å². The van der Waals surface area contributed by atoms with E-state index in [-0.39, 0.29) is 18.5 Å². The van der Waals surface area contributed by atoms with Crippen LogP contribution in [-0.2, 0) is 11.2 Å². The van der Waals surface area contributed by atoms with Crippen molar-refractivity contribution in [1.29, 1.82) is 0 Å². The molecule has 1 aliphatic rings. The molecule has 0 saturated carbocycles. The molecule has 102 valence electrons. The first-order chi connectivity index (χ1) is 9.11. The molecule has 0 radical (unpaired) electrons. The number of carbonyl (C=O) groups excluding carboxylic acids is 2. The van der Waals surface area contributed by atoms with Gasteiger partial charge in [-0.2, -0.15) is 0 Å². The zero-order valence-electron chi connectivity index (χ0n) is 11.0. The molecule has 0 spiro atoms. The quantitative estimate of drug-likeness (QED) is 0.861. The summed E-state index contributed by atoms with van der Waals surface area (Å²) < 4.78 is 0. The Hall–Kier alpha value is -1.88. The van der Waals surface area contributed by atoms with Gasteiger partial charge in [0.2, 0.25) is 5.91 Å². The molecule has 2 rings (SSSR count). The van der Waals surface area contributed by atoms with E-state index in [9.17, 15) is 9.59 Å². The molecule has 1 aromatic carbocycles. The van der Waals surface area contributed by atoms with Crippen molar-refractivity contribution in [2.45, 2.75) is 26.2 Å². The second kappa shape index (κ2) is 5.84. The molecule has 1 saturated heterocycles. The summed E-state index contributed by atoms with van der Waals surface area (Å²) in [4.78, 5) is 24.5. The predicted octanol–water partition coefficient (Wildman–Crippen LogP) is 1.37. The Kier molecular flexibility index (Phi) is 4.16. The van der Waals surface area contributed by atoms with Gasteiger partial charge in [-0.3, -0.25) is 15.0 Å². The van der Waals surface area contributed by atoms with E-state index in [0.29, 0.717) is 13.0 Å². The van der Waals surface area contributed by atoms with Crippen LogP contribution in [0.3, 0.4) is 0 Å². The molecule has 2 N–H and O–H groups in total. The van der Waals surface area contributed by atoms with Gasteiger partial charge in [-0.15, -0.1) is 0 Å². The molecule has 1 aromatic rings. The topological polar surface area (TPSA) is 69.6 Å². The van der Waals surface area contributed by atoms with Crippen molar-refractivity contribution in [2.75, 3.05) is 18.1 Å². The normalized spacial score (nSPS) is 15.6. The van der Waals surface area contributed by atoms with Crippen LogP contribution in [-0.4, -0.2) is 30.2 Å². The lowest BCUT2D eigenvalue weighted by Crippen LogP contribution is -2.49. The average Bonchev–Trinajstić information content (AvgIpc) is 2.37. The SMILES string of the molecule is Cc1cc(CCCO)ccc1N1CCC(=O)NC1=O. The summed E-state index contributed by atoms with van der Waals surface area (Å²) >= 11 is 0. The van der Waals surface area contributed by atoms with Gasteiger partial charge in [0, 0.05) is 25.3 Å². The van der Waals surface area contributed by atoms with Crippen LogP contribution in [0.1, 0.15) is 24.0 Å². The number of rotatable bonds is 4. The number of amides is 3. The number of nitrogens with one attached hydrogen (secondary N) is 1. The number of imide groups is 1. The Morgan fingerprint density at radius 1 is 1.37 bits per heavy atom. The van der Waals surface area contributed by atoms with E-state index >= 15 is 0 Å². The minimum Gasteiger partial charge on any atom is -0.396 e. The van der Waals surface area contributed by atoms with Gasteiger partial charge in [0.15, 0.2) is 0 Å². The van der Waals surface area contributed by atoms with Crippen LogP contribution in [0.2, 0.25) is 0 Å². The second-order valence-corrected chi connectivity index (χ2v) is 4.70. The van der Waals surface area contributed by atoms with Gasteiger partial charge in [0.05, 0.1) is 0 Å². The molecule has 5 heteroatoms. The lowest BCUT2D eigenvalue weighted by Gasteiger charge is -2.28. The van der Waals surface area contributed by atoms with E-state index in [2.05, 4.69) is 5.32 Å². The fourth-order valence-corrected chi connectivity index (χ4v) is 2.25. The number of aryl methyl sites for hydroxylation is 2. The molecule has 5 nitrogen and oxygen atoms in total. The number of anilines is 1. The van der Waals surface area contributed by atoms with Gasteiger partial charge in [-0.25, -0.2) is 4.79 Å². The Bertz CT molecular complexity index is 499. The Balaban J connectivity index is 2.16. The van der Waals surface area contributed by atoms with Crippen LogP contribution in [0.15, 0.2) is 18.2 Å². The van der Waals surface area contributed by atoms with E-state index in [1.165, 1.54) is 0 Å². The van der Waals surface area contributed by atoms with Crippen molar-refractivity contribution < 1.29 is 14.7 Å². The first-order valence-corrected chi connectivity index (χ1v) is 6.43. The van der Waals surface area contributed by atoms with Crippen LogP contribution in [0.4, 0.5) is 10.5 Å². The summed E-state index contributed by atoms with van der Waals surface area (Å²) in [6, 6.07) is 5.52. The van der Waals surface area contributed by atoms with Gasteiger partial charge in [0.1, 0.15) is 0 Å². The van der Waals surface area contributed by atoms with E-state index in [1.807, 2.05) is 25.1 Å². The van der Waals surface area contributed by atoms with E-state index in [4.69, 9.17) is 5.11 Å². The second-order valence-electron chi connectivity index (χ2n) is 4.70. The first-order valence-electron chi connectivity index (χ1n) is 6.43. The number of hydrogen-bond donors (Lipinski definition) is 2. The maximum atomic E-state index is 11.8. The zero-order chi connectivity index (χ0) is 13.8. The average molecular weight is 262 g/mol. The largest absolute Gasteiger partial charge is 0.396 e. The Labute approximate surface area is 112 Å². The summed E-state index contributed by atoms with van der Waals surface area (Å²) in [6.45, 7) is 2.54. The van der Waals surface area contributed by atoms with Crippen molar-refractivity contribution in [1.82, 2.24) is 5.32 Å². The van der Waals surface area contributed by atoms with Crippen LogP contribution in [0.25, 0.3) is 0 Å². The third-order valence-corrected chi connectivity index (χ3v) is 3.23. The Morgan fingerprint density at radius 3 is 2.79 bits per heavy atom. The van der Waals surface area contributed by atoms with Crippen LogP contribution in [0.5, 0.6) is 0 Å². The number of urea groups is 1. The summed E-state index contributed by atoms with van der Waals surface area (Å²) in [7, 11) is 0. The van der Waals surface area contributed by atoms with Crippen molar-refractivity contribution in [3.05, 3.63) is 29.3 Å². The van der Waals surface area contributed by atoms with Crippen LogP contribution < -0.4 is 10.2 Å². The number of nitrogens with zero attached hydrogens (tertiary/aromatic N) is 1. The van der Waals surface area contributed by atoms with Crippen molar-refractivity contribution >= 4 is 17.6 Å². The van der Waals surface area contributed by atoms with Gasteiger partial charge in [-0.05, 0) is 37.0 Å². The minimum atomic E-state index is -0.359. The molecule has 0 bridgehead atoms. The number of carbonyl (C=O) groups is 2. The third kappa shape index (κ3) is 3.12. The predicted molar refractivity (Wildman–Crippen MR) is 72.1 cm³/mol. The lowest BCUT2D eigenvalue weighted by molar-refractivity contribution is -0.120. The minimum absolute atomic E-state index is 0.178. The van der Waals surface area contributed by atoms with E-state index in [0.717, 1.165) is 29.7 Å². The Morgan fingerprint density at radius 2 is 2.16 bits per heavy atom. The number of benzene rings is 1. The highest BCUT2D eigenvalue weighted by atomic mass is 16.3. The summed E-state index contributed by atoms with van der Waals surface area (Å²) in [5, 5.41) is 11.1. The molecule has 0 aromatic heterocycles. The standard InChI is InChI=1S/C14H18N2O3/c1-10-9-11(3-2-8-17)4-5-12(10)16-7-6-13(18)15-14(16)19/h4-5,9,17H,2-3,6-8H2,1H3,(H,15,18,19). The molecule has 1 aliphatic heterocycles. The molecule has 0 aliphatic carbocycles.